The van der Waals surface area contributed by atoms with Crippen LogP contribution in [-0.4, -0.2) is 62.9 Å². The number of aliphatic imine (C=N–C) groups is 1. The van der Waals surface area contributed by atoms with Crippen molar-refractivity contribution < 1.29 is 27.9 Å². The largest absolute Gasteiger partial charge is 0.480 e. The minimum Gasteiger partial charge on any atom is -0.480 e. The number of nitrogens with one attached hydrogen (secondary N) is 4. The van der Waals surface area contributed by atoms with Crippen molar-refractivity contribution in [3.63, 3.8) is 0 Å². The summed E-state index contributed by atoms with van der Waals surface area (Å²) in [5.41, 5.74) is 1.74. The third-order valence-electron chi connectivity index (χ3n) is 5.32. The molecule has 1 atom stereocenters. The van der Waals surface area contributed by atoms with Gasteiger partial charge in [0.1, 0.15) is 6.04 Å². The van der Waals surface area contributed by atoms with Crippen molar-refractivity contribution >= 4 is 39.8 Å². The minimum absolute atomic E-state index is 0.171. The summed E-state index contributed by atoms with van der Waals surface area (Å²) < 4.78 is 26.6. The molecular formula is C25H29N5O6S. The van der Waals surface area contributed by atoms with Gasteiger partial charge in [-0.15, -0.1) is 0 Å². The van der Waals surface area contributed by atoms with Gasteiger partial charge in [0.25, 0.3) is 5.91 Å². The van der Waals surface area contributed by atoms with Gasteiger partial charge in [-0.25, -0.2) is 8.42 Å². The second-order valence-corrected chi connectivity index (χ2v) is 9.83. The lowest BCUT2D eigenvalue weighted by atomic mass is 10.1. The van der Waals surface area contributed by atoms with Crippen molar-refractivity contribution in [1.82, 2.24) is 20.7 Å². The number of carbonyl (C=O) groups excluding carboxylic acids is 2. The summed E-state index contributed by atoms with van der Waals surface area (Å²) in [6, 6.07) is 13.6. The molecule has 196 valence electrons. The van der Waals surface area contributed by atoms with Crippen molar-refractivity contribution in [2.24, 2.45) is 4.99 Å². The molecule has 0 fully saturated rings. The van der Waals surface area contributed by atoms with E-state index in [4.69, 9.17) is 0 Å². The number of benzene rings is 2. The first kappa shape index (κ1) is 27.6. The molecule has 0 radical (unpaired) electrons. The van der Waals surface area contributed by atoms with Gasteiger partial charge in [0, 0.05) is 37.0 Å². The fourth-order valence-corrected chi connectivity index (χ4v) is 4.33. The van der Waals surface area contributed by atoms with Gasteiger partial charge >= 0.3 is 5.97 Å². The van der Waals surface area contributed by atoms with Crippen molar-refractivity contribution in [1.29, 1.82) is 0 Å². The van der Waals surface area contributed by atoms with Crippen LogP contribution < -0.4 is 20.7 Å². The lowest BCUT2D eigenvalue weighted by molar-refractivity contribution is -0.138. The highest BCUT2D eigenvalue weighted by Crippen LogP contribution is 2.08. The quantitative estimate of drug-likeness (QED) is 0.289. The lowest BCUT2D eigenvalue weighted by Crippen LogP contribution is -2.47. The number of carboxylic acid groups (broad SMARTS) is 1. The highest BCUT2D eigenvalue weighted by molar-refractivity contribution is 7.92. The summed E-state index contributed by atoms with van der Waals surface area (Å²) >= 11 is 0. The molecule has 0 aromatic heterocycles. The first-order valence-corrected chi connectivity index (χ1v) is 13.2. The summed E-state index contributed by atoms with van der Waals surface area (Å²) in [5.74, 6) is -1.68. The molecular weight excluding hydrogens is 498 g/mol. The normalized spacial score (nSPS) is 14.3. The average Bonchev–Trinajstić information content (AvgIpc) is 2.90. The Balaban J connectivity index is 1.48. The number of aryl methyl sites for hydroxylation is 1. The monoisotopic (exact) mass is 527 g/mol. The third-order valence-corrected chi connectivity index (χ3v) is 6.43. The Hall–Kier alpha value is -4.03. The van der Waals surface area contributed by atoms with E-state index in [1.165, 1.54) is 6.08 Å². The molecule has 2 amide bonds. The van der Waals surface area contributed by atoms with E-state index in [0.29, 0.717) is 24.5 Å². The van der Waals surface area contributed by atoms with Crippen LogP contribution in [0.3, 0.4) is 0 Å². The second-order valence-electron chi connectivity index (χ2n) is 8.23. The van der Waals surface area contributed by atoms with E-state index < -0.39 is 34.5 Å². The summed E-state index contributed by atoms with van der Waals surface area (Å²) in [6.07, 6.45) is 2.97. The van der Waals surface area contributed by atoms with Crippen LogP contribution in [-0.2, 0) is 26.0 Å². The van der Waals surface area contributed by atoms with Gasteiger partial charge in [-0.2, -0.15) is 4.72 Å². The van der Waals surface area contributed by atoms with Crippen molar-refractivity contribution in [3.8, 4) is 0 Å². The molecule has 2 aromatic carbocycles. The van der Waals surface area contributed by atoms with Gasteiger partial charge in [0.05, 0.1) is 0 Å². The van der Waals surface area contributed by atoms with E-state index >= 15 is 0 Å². The van der Waals surface area contributed by atoms with Crippen molar-refractivity contribution in [2.75, 3.05) is 19.6 Å². The number of nitrogens with zero attached hydrogens (tertiary/aromatic N) is 1. The van der Waals surface area contributed by atoms with Gasteiger partial charge in [0.15, 0.2) is 5.96 Å². The zero-order valence-electron chi connectivity index (χ0n) is 20.0. The topological polar surface area (TPSA) is 166 Å². The summed E-state index contributed by atoms with van der Waals surface area (Å²) in [7, 11) is -4.07. The maximum atomic E-state index is 12.5. The van der Waals surface area contributed by atoms with Gasteiger partial charge in [0.2, 0.25) is 15.9 Å². The maximum absolute atomic E-state index is 12.5. The molecule has 0 aliphatic carbocycles. The molecule has 0 spiro atoms. The number of carboxylic acids is 1. The smallest absolute Gasteiger partial charge is 0.323 e. The number of amides is 2. The predicted molar refractivity (Wildman–Crippen MR) is 139 cm³/mol. The third kappa shape index (κ3) is 9.50. The Morgan fingerprint density at radius 3 is 2.46 bits per heavy atom. The Labute approximate surface area is 215 Å². The molecule has 12 heteroatoms. The van der Waals surface area contributed by atoms with Crippen LogP contribution in [0.1, 0.15) is 34.3 Å². The molecule has 1 aliphatic rings. The number of sulfonamides is 1. The predicted octanol–water partition coefficient (Wildman–Crippen LogP) is 0.858. The summed E-state index contributed by atoms with van der Waals surface area (Å²) in [6.45, 7) is 0.996. The van der Waals surface area contributed by atoms with Gasteiger partial charge in [-0.3, -0.25) is 24.7 Å². The van der Waals surface area contributed by atoms with Gasteiger partial charge < -0.3 is 15.7 Å². The summed E-state index contributed by atoms with van der Waals surface area (Å²) in [4.78, 5) is 40.3. The minimum atomic E-state index is -4.07. The van der Waals surface area contributed by atoms with E-state index in [2.05, 4.69) is 25.7 Å². The molecule has 0 saturated carbocycles. The van der Waals surface area contributed by atoms with E-state index in [9.17, 15) is 27.9 Å². The standard InChI is InChI=1S/C25H29N5O6S/c31-22(29-25-26-14-4-15-27-25)12-9-19-7-10-20(11-8-19)23(32)28-17-21(24(33)34)30-37(35,36)16-13-18-5-2-1-3-6-18/h1-3,5-8,10-11,13,16,21,30H,4,9,12,14-15,17H2,(H,28,32)(H,33,34)(H2,26,27,29,31)/b16-13+. The van der Waals surface area contributed by atoms with Crippen molar-refractivity contribution in [3.05, 3.63) is 76.7 Å². The molecule has 1 aliphatic heterocycles. The number of hydrogen-bond acceptors (Lipinski definition) is 7. The van der Waals surface area contributed by atoms with Crippen LogP contribution >= 0.6 is 0 Å². The molecule has 2 aromatic rings. The number of rotatable bonds is 11. The van der Waals surface area contributed by atoms with Gasteiger partial charge in [-0.05, 0) is 42.2 Å². The second kappa shape index (κ2) is 13.3. The molecule has 37 heavy (non-hydrogen) atoms. The number of carbonyl (C=O) groups is 3. The fourth-order valence-electron chi connectivity index (χ4n) is 3.34. The Morgan fingerprint density at radius 2 is 1.81 bits per heavy atom. The van der Waals surface area contributed by atoms with E-state index in [1.54, 1.807) is 54.6 Å². The Kier molecular flexibility index (Phi) is 9.92. The average molecular weight is 528 g/mol. The van der Waals surface area contributed by atoms with E-state index in [1.807, 2.05) is 0 Å². The van der Waals surface area contributed by atoms with E-state index in [-0.39, 0.29) is 17.9 Å². The van der Waals surface area contributed by atoms with Crippen LogP contribution in [0.5, 0.6) is 0 Å². The zero-order valence-corrected chi connectivity index (χ0v) is 20.8. The zero-order chi connectivity index (χ0) is 26.7. The highest BCUT2D eigenvalue weighted by atomic mass is 32.2. The SMILES string of the molecule is O=C(CCc1ccc(C(=O)NCC(NS(=O)(=O)/C=C/c2ccccc2)C(=O)O)cc1)NC1=NCCCN1. The summed E-state index contributed by atoms with van der Waals surface area (Å²) in [5, 5.41) is 18.5. The molecule has 1 heterocycles. The van der Waals surface area contributed by atoms with Crippen LogP contribution in [0.2, 0.25) is 0 Å². The fraction of sp³-hybridized carbons (Fsp3) is 0.280. The van der Waals surface area contributed by atoms with E-state index in [0.717, 1.165) is 23.9 Å². The lowest BCUT2D eigenvalue weighted by Gasteiger charge is -2.15. The maximum Gasteiger partial charge on any atom is 0.323 e. The molecule has 0 bridgehead atoms. The molecule has 1 unspecified atom stereocenters. The molecule has 3 rings (SSSR count). The highest BCUT2D eigenvalue weighted by Gasteiger charge is 2.23. The first-order chi connectivity index (χ1) is 17.7. The van der Waals surface area contributed by atoms with Crippen LogP contribution in [0.15, 0.2) is 65.0 Å². The number of guanidine groups is 1. The Morgan fingerprint density at radius 1 is 1.08 bits per heavy atom. The van der Waals surface area contributed by atoms with Crippen molar-refractivity contribution in [2.45, 2.75) is 25.3 Å². The number of hydrogen-bond donors (Lipinski definition) is 5. The van der Waals surface area contributed by atoms with Gasteiger partial charge in [-0.1, -0.05) is 42.5 Å². The van der Waals surface area contributed by atoms with Crippen LogP contribution in [0.25, 0.3) is 6.08 Å². The van der Waals surface area contributed by atoms with Crippen LogP contribution in [0.4, 0.5) is 0 Å². The first-order valence-electron chi connectivity index (χ1n) is 11.7. The molecule has 11 nitrogen and oxygen atoms in total. The Bertz CT molecular complexity index is 1260. The molecule has 5 N–H and O–H groups in total. The number of aliphatic carboxylic acids is 1. The molecule has 0 saturated heterocycles. The van der Waals surface area contributed by atoms with Crippen LogP contribution in [0, 0.1) is 0 Å².